The Bertz CT molecular complexity index is 698. The Morgan fingerprint density at radius 1 is 1.11 bits per heavy atom. The fraction of sp³-hybridized carbons (Fsp3) is 0.188. The lowest BCUT2D eigenvalue weighted by molar-refractivity contribution is 0.475. The monoisotopic (exact) mass is 252 g/mol. The highest BCUT2D eigenvalue weighted by Crippen LogP contribution is 2.28. The molecule has 0 aliphatic heterocycles. The van der Waals surface area contributed by atoms with Crippen molar-refractivity contribution in [3.63, 3.8) is 0 Å². The molecule has 0 aliphatic rings. The van der Waals surface area contributed by atoms with Crippen LogP contribution < -0.4 is 0 Å². The number of aromatic hydroxyl groups is 1. The minimum atomic E-state index is 0.285. The van der Waals surface area contributed by atoms with Gasteiger partial charge in [0.25, 0.3) is 0 Å². The summed E-state index contributed by atoms with van der Waals surface area (Å²) in [6, 6.07) is 13.5. The van der Waals surface area contributed by atoms with Gasteiger partial charge in [-0.1, -0.05) is 31.2 Å². The van der Waals surface area contributed by atoms with E-state index in [9.17, 15) is 5.11 Å². The molecule has 0 saturated carbocycles. The largest absolute Gasteiger partial charge is 0.508 e. The first kappa shape index (κ1) is 11.8. The number of imidazole rings is 1. The van der Waals surface area contributed by atoms with Gasteiger partial charge in [0.05, 0.1) is 17.4 Å². The van der Waals surface area contributed by atoms with Crippen molar-refractivity contribution in [3.8, 4) is 16.9 Å². The van der Waals surface area contributed by atoms with E-state index in [2.05, 4.69) is 34.7 Å². The molecule has 0 aliphatic carbocycles. The van der Waals surface area contributed by atoms with Crippen LogP contribution in [0.5, 0.6) is 5.75 Å². The number of benzene rings is 2. The topological polar surface area (TPSA) is 38.0 Å². The van der Waals surface area contributed by atoms with Crippen molar-refractivity contribution in [1.82, 2.24) is 9.55 Å². The van der Waals surface area contributed by atoms with Crippen LogP contribution in [0.2, 0.25) is 0 Å². The number of hydrogen-bond donors (Lipinski definition) is 1. The van der Waals surface area contributed by atoms with Crippen LogP contribution in [0, 0.1) is 0 Å². The molecule has 0 spiro atoms. The van der Waals surface area contributed by atoms with E-state index in [1.807, 2.05) is 18.5 Å². The number of hydrogen-bond acceptors (Lipinski definition) is 2. The summed E-state index contributed by atoms with van der Waals surface area (Å²) in [6.07, 6.45) is 2.99. The highest BCUT2D eigenvalue weighted by Gasteiger charge is 2.08. The smallest absolute Gasteiger partial charge is 0.115 e. The number of phenolic OH excluding ortho intramolecular Hbond substituents is 1. The lowest BCUT2D eigenvalue weighted by Gasteiger charge is -2.05. The number of aryl methyl sites for hydroxylation is 1. The normalized spacial score (nSPS) is 11.0. The van der Waals surface area contributed by atoms with Crippen LogP contribution in [-0.2, 0) is 6.54 Å². The summed E-state index contributed by atoms with van der Waals surface area (Å²) < 4.78 is 2.18. The summed E-state index contributed by atoms with van der Waals surface area (Å²) in [5.41, 5.74) is 4.35. The Hall–Kier alpha value is -2.29. The second kappa shape index (κ2) is 4.76. The molecule has 3 aromatic rings. The molecule has 1 aromatic heterocycles. The maximum absolute atomic E-state index is 9.37. The van der Waals surface area contributed by atoms with E-state index >= 15 is 0 Å². The molecule has 1 N–H and O–H groups in total. The molecule has 3 rings (SSSR count). The Kier molecular flexibility index (Phi) is 2.95. The summed E-state index contributed by atoms with van der Waals surface area (Å²) in [7, 11) is 0. The van der Waals surface area contributed by atoms with Crippen molar-refractivity contribution in [2.24, 2.45) is 0 Å². The molecule has 0 unspecified atom stereocenters. The van der Waals surface area contributed by atoms with Gasteiger partial charge in [-0.25, -0.2) is 4.98 Å². The molecule has 3 nitrogen and oxygen atoms in total. The predicted octanol–water partition coefficient (Wildman–Crippen LogP) is 3.82. The fourth-order valence-electron chi connectivity index (χ4n) is 2.38. The summed E-state index contributed by atoms with van der Waals surface area (Å²) in [6.45, 7) is 3.14. The van der Waals surface area contributed by atoms with Gasteiger partial charge in [-0.15, -0.1) is 0 Å². The highest BCUT2D eigenvalue weighted by atomic mass is 16.3. The van der Waals surface area contributed by atoms with Crippen molar-refractivity contribution >= 4 is 11.0 Å². The van der Waals surface area contributed by atoms with E-state index < -0.39 is 0 Å². The SMILES string of the molecule is CCCn1cnc2c(-c3ccc(O)cc3)cccc21. The molecule has 96 valence electrons. The molecule has 0 bridgehead atoms. The van der Waals surface area contributed by atoms with E-state index in [4.69, 9.17) is 0 Å². The maximum atomic E-state index is 9.37. The van der Waals surface area contributed by atoms with Crippen molar-refractivity contribution in [2.45, 2.75) is 19.9 Å². The average Bonchev–Trinajstić information content (AvgIpc) is 2.84. The van der Waals surface area contributed by atoms with Gasteiger partial charge >= 0.3 is 0 Å². The predicted molar refractivity (Wildman–Crippen MR) is 77.1 cm³/mol. The Morgan fingerprint density at radius 2 is 1.89 bits per heavy atom. The van der Waals surface area contributed by atoms with Crippen molar-refractivity contribution < 1.29 is 5.11 Å². The van der Waals surface area contributed by atoms with E-state index in [0.717, 1.165) is 35.1 Å². The highest BCUT2D eigenvalue weighted by molar-refractivity contribution is 5.92. The number of aromatic nitrogens is 2. The zero-order chi connectivity index (χ0) is 13.2. The van der Waals surface area contributed by atoms with Gasteiger partial charge in [-0.3, -0.25) is 0 Å². The summed E-state index contributed by atoms with van der Waals surface area (Å²) >= 11 is 0. The van der Waals surface area contributed by atoms with E-state index in [1.165, 1.54) is 0 Å². The van der Waals surface area contributed by atoms with Gasteiger partial charge in [0.2, 0.25) is 0 Å². The van der Waals surface area contributed by atoms with Crippen LogP contribution in [-0.4, -0.2) is 14.7 Å². The molecule has 3 heteroatoms. The number of rotatable bonds is 3. The quantitative estimate of drug-likeness (QED) is 0.769. The Labute approximate surface area is 112 Å². The molecule has 0 radical (unpaired) electrons. The zero-order valence-corrected chi connectivity index (χ0v) is 10.9. The lowest BCUT2D eigenvalue weighted by Crippen LogP contribution is -1.93. The Balaban J connectivity index is 2.16. The van der Waals surface area contributed by atoms with Gasteiger partial charge in [0.15, 0.2) is 0 Å². The minimum absolute atomic E-state index is 0.285. The summed E-state index contributed by atoms with van der Waals surface area (Å²) in [5.74, 6) is 0.285. The van der Waals surface area contributed by atoms with Crippen LogP contribution in [0.1, 0.15) is 13.3 Å². The first-order chi connectivity index (χ1) is 9.29. The van der Waals surface area contributed by atoms with Crippen LogP contribution in [0.4, 0.5) is 0 Å². The summed E-state index contributed by atoms with van der Waals surface area (Å²) in [4.78, 5) is 4.54. The van der Waals surface area contributed by atoms with E-state index in [-0.39, 0.29) is 5.75 Å². The fourth-order valence-corrected chi connectivity index (χ4v) is 2.38. The van der Waals surface area contributed by atoms with Gasteiger partial charge in [0, 0.05) is 12.1 Å². The number of fused-ring (bicyclic) bond motifs is 1. The van der Waals surface area contributed by atoms with Gasteiger partial charge < -0.3 is 9.67 Å². The molecule has 0 atom stereocenters. The second-order valence-corrected chi connectivity index (χ2v) is 4.66. The van der Waals surface area contributed by atoms with Gasteiger partial charge in [-0.2, -0.15) is 0 Å². The first-order valence-electron chi connectivity index (χ1n) is 6.53. The average molecular weight is 252 g/mol. The molecule has 0 amide bonds. The lowest BCUT2D eigenvalue weighted by atomic mass is 10.0. The van der Waals surface area contributed by atoms with Crippen molar-refractivity contribution in [3.05, 3.63) is 48.8 Å². The standard InChI is InChI=1S/C16H16N2O/c1-2-10-18-11-17-16-14(4-3-5-15(16)18)12-6-8-13(19)9-7-12/h3-9,11,19H,2,10H2,1H3. The van der Waals surface area contributed by atoms with Gasteiger partial charge in [0.1, 0.15) is 5.75 Å². The first-order valence-corrected chi connectivity index (χ1v) is 6.53. The molecule has 1 heterocycles. The molecule has 2 aromatic carbocycles. The van der Waals surface area contributed by atoms with Crippen LogP contribution >= 0.6 is 0 Å². The zero-order valence-electron chi connectivity index (χ0n) is 10.9. The van der Waals surface area contributed by atoms with Crippen molar-refractivity contribution in [1.29, 1.82) is 0 Å². The summed E-state index contributed by atoms with van der Waals surface area (Å²) in [5, 5.41) is 9.37. The second-order valence-electron chi connectivity index (χ2n) is 4.66. The molecular formula is C16H16N2O. The molecule has 19 heavy (non-hydrogen) atoms. The minimum Gasteiger partial charge on any atom is -0.508 e. The van der Waals surface area contributed by atoms with Crippen LogP contribution in [0.15, 0.2) is 48.8 Å². The van der Waals surface area contributed by atoms with Crippen LogP contribution in [0.3, 0.4) is 0 Å². The van der Waals surface area contributed by atoms with E-state index in [0.29, 0.717) is 0 Å². The number of para-hydroxylation sites is 1. The third-order valence-electron chi connectivity index (χ3n) is 3.29. The molecule has 0 fully saturated rings. The Morgan fingerprint density at radius 3 is 2.63 bits per heavy atom. The van der Waals surface area contributed by atoms with Gasteiger partial charge in [-0.05, 0) is 30.2 Å². The third-order valence-corrected chi connectivity index (χ3v) is 3.29. The van der Waals surface area contributed by atoms with Crippen LogP contribution in [0.25, 0.3) is 22.2 Å². The van der Waals surface area contributed by atoms with E-state index in [1.54, 1.807) is 12.1 Å². The van der Waals surface area contributed by atoms with Crippen molar-refractivity contribution in [2.75, 3.05) is 0 Å². The third kappa shape index (κ3) is 2.08. The number of phenols is 1. The maximum Gasteiger partial charge on any atom is 0.115 e. The molecule has 0 saturated heterocycles. The number of nitrogens with zero attached hydrogens (tertiary/aromatic N) is 2. The molecular weight excluding hydrogens is 236 g/mol.